The molecule has 2 rings (SSSR count). The summed E-state index contributed by atoms with van der Waals surface area (Å²) in [5, 5.41) is 8.72. The van der Waals surface area contributed by atoms with Crippen LogP contribution in [0.2, 0.25) is 0 Å². The zero-order chi connectivity index (χ0) is 14.5. The first kappa shape index (κ1) is 14.1. The van der Waals surface area contributed by atoms with Crippen LogP contribution in [0.25, 0.3) is 0 Å². The molecule has 0 spiro atoms. The minimum atomic E-state index is -0.984. The smallest absolute Gasteiger partial charge is 0.307 e. The Morgan fingerprint density at radius 1 is 1.20 bits per heavy atom. The van der Waals surface area contributed by atoms with Gasteiger partial charge in [0.2, 0.25) is 0 Å². The summed E-state index contributed by atoms with van der Waals surface area (Å²) in [5.41, 5.74) is 1.97. The Morgan fingerprint density at radius 3 is 2.50 bits per heavy atom. The van der Waals surface area contributed by atoms with Crippen LogP contribution in [0, 0.1) is 12.7 Å². The summed E-state index contributed by atoms with van der Waals surface area (Å²) in [6, 6.07) is 12.3. The van der Waals surface area contributed by atoms with Gasteiger partial charge in [-0.1, -0.05) is 36.4 Å². The number of ether oxygens (including phenoxy) is 1. The van der Waals surface area contributed by atoms with Crippen LogP contribution in [0.3, 0.4) is 0 Å². The summed E-state index contributed by atoms with van der Waals surface area (Å²) in [7, 11) is 0. The van der Waals surface area contributed by atoms with Gasteiger partial charge in [0, 0.05) is 0 Å². The van der Waals surface area contributed by atoms with Gasteiger partial charge in [-0.3, -0.25) is 4.79 Å². The molecule has 0 atom stereocenters. The van der Waals surface area contributed by atoms with E-state index in [-0.39, 0.29) is 18.8 Å². The average Bonchev–Trinajstić information content (AvgIpc) is 2.38. The lowest BCUT2D eigenvalue weighted by molar-refractivity contribution is -0.136. The van der Waals surface area contributed by atoms with E-state index in [1.807, 2.05) is 30.3 Å². The predicted molar refractivity (Wildman–Crippen MR) is 73.3 cm³/mol. The van der Waals surface area contributed by atoms with Crippen LogP contribution in [0.1, 0.15) is 16.7 Å². The molecule has 0 radical (unpaired) electrons. The summed E-state index contributed by atoms with van der Waals surface area (Å²) in [6.07, 6.45) is -0.198. The van der Waals surface area contributed by atoms with Crippen LogP contribution in [0.5, 0.6) is 5.75 Å². The number of benzene rings is 2. The molecule has 0 amide bonds. The molecule has 0 aliphatic heterocycles. The Morgan fingerprint density at radius 2 is 1.90 bits per heavy atom. The van der Waals surface area contributed by atoms with Gasteiger partial charge in [-0.2, -0.15) is 0 Å². The van der Waals surface area contributed by atoms with Crippen LogP contribution in [-0.4, -0.2) is 11.1 Å². The maximum atomic E-state index is 13.9. The zero-order valence-electron chi connectivity index (χ0n) is 11.1. The summed E-state index contributed by atoms with van der Waals surface area (Å²) >= 11 is 0. The molecule has 0 unspecified atom stereocenters. The number of hydrogen-bond acceptors (Lipinski definition) is 2. The van der Waals surface area contributed by atoms with Gasteiger partial charge >= 0.3 is 5.97 Å². The van der Waals surface area contributed by atoms with E-state index >= 15 is 0 Å². The highest BCUT2D eigenvalue weighted by molar-refractivity contribution is 5.70. The third kappa shape index (κ3) is 3.57. The molecule has 2 aromatic rings. The molecule has 0 aliphatic carbocycles. The second-order valence-electron chi connectivity index (χ2n) is 4.57. The highest BCUT2D eigenvalue weighted by Crippen LogP contribution is 2.25. The van der Waals surface area contributed by atoms with Crippen molar-refractivity contribution in [2.24, 2.45) is 0 Å². The van der Waals surface area contributed by atoms with Crippen LogP contribution < -0.4 is 4.74 Å². The predicted octanol–water partition coefficient (Wildman–Crippen LogP) is 3.34. The van der Waals surface area contributed by atoms with Crippen molar-refractivity contribution in [3.05, 3.63) is 65.0 Å². The number of rotatable bonds is 5. The van der Waals surface area contributed by atoms with Crippen molar-refractivity contribution < 1.29 is 19.0 Å². The van der Waals surface area contributed by atoms with Gasteiger partial charge in [0.25, 0.3) is 0 Å². The highest BCUT2D eigenvalue weighted by atomic mass is 19.1. The first-order chi connectivity index (χ1) is 9.56. The molecular formula is C16H15FO3. The molecule has 3 nitrogen and oxygen atoms in total. The number of carbonyl (C=O) groups is 1. The molecule has 0 saturated heterocycles. The van der Waals surface area contributed by atoms with E-state index in [4.69, 9.17) is 9.84 Å². The summed E-state index contributed by atoms with van der Waals surface area (Å²) in [6.45, 7) is 1.98. The van der Waals surface area contributed by atoms with Crippen molar-refractivity contribution >= 4 is 5.97 Å². The number of carboxylic acids is 1. The molecule has 0 aliphatic rings. The summed E-state index contributed by atoms with van der Waals surface area (Å²) < 4.78 is 19.4. The minimum Gasteiger partial charge on any atom is -0.486 e. The van der Waals surface area contributed by atoms with Gasteiger partial charge in [0.05, 0.1) is 6.42 Å². The van der Waals surface area contributed by atoms with E-state index in [2.05, 4.69) is 0 Å². The third-order valence-electron chi connectivity index (χ3n) is 2.87. The number of halogens is 1. The number of aliphatic carboxylic acids is 1. The number of hydrogen-bond donors (Lipinski definition) is 1. The van der Waals surface area contributed by atoms with Crippen molar-refractivity contribution in [3.63, 3.8) is 0 Å². The quantitative estimate of drug-likeness (QED) is 0.909. The molecule has 104 valence electrons. The molecule has 0 fully saturated rings. The maximum absolute atomic E-state index is 13.9. The van der Waals surface area contributed by atoms with Crippen molar-refractivity contribution in [3.8, 4) is 5.75 Å². The number of aryl methyl sites for hydroxylation is 1. The van der Waals surface area contributed by atoms with E-state index in [0.29, 0.717) is 11.1 Å². The molecule has 20 heavy (non-hydrogen) atoms. The lowest BCUT2D eigenvalue weighted by atomic mass is 10.1. The second kappa shape index (κ2) is 6.19. The normalized spacial score (nSPS) is 10.3. The zero-order valence-corrected chi connectivity index (χ0v) is 11.1. The maximum Gasteiger partial charge on any atom is 0.307 e. The number of carboxylic acid groups (broad SMARTS) is 1. The first-order valence-corrected chi connectivity index (χ1v) is 6.24. The van der Waals surface area contributed by atoms with Gasteiger partial charge in [-0.15, -0.1) is 0 Å². The molecule has 0 bridgehead atoms. The van der Waals surface area contributed by atoms with E-state index in [0.717, 1.165) is 5.56 Å². The van der Waals surface area contributed by atoms with Crippen LogP contribution in [0.15, 0.2) is 42.5 Å². The molecule has 1 N–H and O–H groups in total. The van der Waals surface area contributed by atoms with Gasteiger partial charge < -0.3 is 9.84 Å². The van der Waals surface area contributed by atoms with Crippen molar-refractivity contribution in [2.75, 3.05) is 0 Å². The van der Waals surface area contributed by atoms with E-state index in [9.17, 15) is 9.18 Å². The SMILES string of the molecule is Cc1cc(CC(=O)O)cc(F)c1OCc1ccccc1. The molecule has 4 heteroatoms. The fourth-order valence-electron chi connectivity index (χ4n) is 1.99. The summed E-state index contributed by atoms with van der Waals surface area (Å²) in [4.78, 5) is 10.6. The Kier molecular flexibility index (Phi) is 4.35. The van der Waals surface area contributed by atoms with E-state index in [1.54, 1.807) is 13.0 Å². The third-order valence-corrected chi connectivity index (χ3v) is 2.87. The Hall–Kier alpha value is -2.36. The minimum absolute atomic E-state index is 0.169. The Balaban J connectivity index is 2.14. The molecule has 0 aromatic heterocycles. The van der Waals surface area contributed by atoms with Crippen molar-refractivity contribution in [1.82, 2.24) is 0 Å². The largest absolute Gasteiger partial charge is 0.486 e. The monoisotopic (exact) mass is 274 g/mol. The Labute approximate surface area is 116 Å². The Bertz CT molecular complexity index is 585. The molecular weight excluding hydrogens is 259 g/mol. The van der Waals surface area contributed by atoms with Gasteiger partial charge in [0.1, 0.15) is 6.61 Å². The van der Waals surface area contributed by atoms with Gasteiger partial charge in [-0.05, 0) is 29.7 Å². The van der Waals surface area contributed by atoms with Crippen LogP contribution >= 0.6 is 0 Å². The van der Waals surface area contributed by atoms with E-state index in [1.165, 1.54) is 6.07 Å². The second-order valence-corrected chi connectivity index (χ2v) is 4.57. The topological polar surface area (TPSA) is 46.5 Å². The highest BCUT2D eigenvalue weighted by Gasteiger charge is 2.11. The standard InChI is InChI=1S/C16H15FO3/c1-11-7-13(9-15(18)19)8-14(17)16(11)20-10-12-5-3-2-4-6-12/h2-8H,9-10H2,1H3,(H,18,19). The van der Waals surface area contributed by atoms with Crippen LogP contribution in [-0.2, 0) is 17.8 Å². The van der Waals surface area contributed by atoms with Gasteiger partial charge in [0.15, 0.2) is 11.6 Å². The van der Waals surface area contributed by atoms with E-state index < -0.39 is 11.8 Å². The lowest BCUT2D eigenvalue weighted by Gasteiger charge is -2.11. The fourth-order valence-corrected chi connectivity index (χ4v) is 1.99. The van der Waals surface area contributed by atoms with Crippen molar-refractivity contribution in [2.45, 2.75) is 20.0 Å². The van der Waals surface area contributed by atoms with Crippen LogP contribution in [0.4, 0.5) is 4.39 Å². The molecule has 0 saturated carbocycles. The molecule has 0 heterocycles. The molecule has 2 aromatic carbocycles. The van der Waals surface area contributed by atoms with Crippen molar-refractivity contribution in [1.29, 1.82) is 0 Å². The summed E-state index contributed by atoms with van der Waals surface area (Å²) in [5.74, 6) is -1.35. The average molecular weight is 274 g/mol. The fraction of sp³-hybridized carbons (Fsp3) is 0.188. The lowest BCUT2D eigenvalue weighted by Crippen LogP contribution is -2.04. The van der Waals surface area contributed by atoms with Gasteiger partial charge in [-0.25, -0.2) is 4.39 Å². The first-order valence-electron chi connectivity index (χ1n) is 6.24.